The van der Waals surface area contributed by atoms with E-state index in [1.165, 1.54) is 0 Å². The van der Waals surface area contributed by atoms with Gasteiger partial charge in [0.05, 0.1) is 18.8 Å². The molecular weight excluding hydrogens is 440 g/mol. The van der Waals surface area contributed by atoms with Crippen molar-refractivity contribution in [2.75, 3.05) is 26.4 Å². The van der Waals surface area contributed by atoms with E-state index in [-0.39, 0.29) is 12.6 Å². The van der Waals surface area contributed by atoms with Crippen molar-refractivity contribution < 1.29 is 32.2 Å². The molecule has 0 aliphatic carbocycles. The van der Waals surface area contributed by atoms with Crippen molar-refractivity contribution in [1.82, 2.24) is 0 Å². The molecule has 0 aromatic heterocycles. The Labute approximate surface area is 152 Å². The number of esters is 1. The summed E-state index contributed by atoms with van der Waals surface area (Å²) < 4.78 is 50.1. The van der Waals surface area contributed by atoms with Gasteiger partial charge in [-0.15, -0.1) is 13.2 Å². The van der Waals surface area contributed by atoms with Crippen LogP contribution in [-0.2, 0) is 14.2 Å². The van der Waals surface area contributed by atoms with Crippen molar-refractivity contribution in [1.29, 1.82) is 0 Å². The van der Waals surface area contributed by atoms with Gasteiger partial charge in [-0.3, -0.25) is 4.74 Å². The Kier molecular flexibility index (Phi) is 10.3. The molecule has 0 atom stereocenters. The van der Waals surface area contributed by atoms with E-state index in [0.717, 1.165) is 9.99 Å². The van der Waals surface area contributed by atoms with Gasteiger partial charge in [-0.05, 0) is 60.4 Å². The van der Waals surface area contributed by atoms with E-state index in [2.05, 4.69) is 27.3 Å². The average molecular weight is 460 g/mol. The Morgan fingerprint density at radius 2 is 1.54 bits per heavy atom. The fourth-order valence-electron chi connectivity index (χ4n) is 1.77. The van der Waals surface area contributed by atoms with Gasteiger partial charge in [0.25, 0.3) is 0 Å². The molecule has 0 saturated carbocycles. The minimum Gasteiger partial charge on any atom is -0.462 e. The van der Waals surface area contributed by atoms with Crippen molar-refractivity contribution in [3.05, 3.63) is 33.4 Å². The second kappa shape index (κ2) is 11.6. The number of benzene rings is 1. The molecule has 0 spiro atoms. The van der Waals surface area contributed by atoms with E-state index in [1.54, 1.807) is 12.1 Å². The topological polar surface area (TPSA) is 44.8 Å². The molecule has 0 saturated heterocycles. The van der Waals surface area contributed by atoms with Crippen LogP contribution in [0.3, 0.4) is 0 Å². The van der Waals surface area contributed by atoms with Gasteiger partial charge in [0.1, 0.15) is 0 Å². The molecule has 24 heavy (non-hydrogen) atoms. The highest BCUT2D eigenvalue weighted by atomic mass is 127. The van der Waals surface area contributed by atoms with Crippen LogP contribution in [0.2, 0.25) is 0 Å². The maximum absolute atomic E-state index is 11.8. The first-order valence-corrected chi connectivity index (χ1v) is 8.68. The maximum atomic E-state index is 11.8. The molecule has 0 aliphatic heterocycles. The van der Waals surface area contributed by atoms with Gasteiger partial charge in [-0.25, -0.2) is 4.79 Å². The zero-order valence-corrected chi connectivity index (χ0v) is 15.3. The molecule has 0 radical (unpaired) electrons. The standard InChI is InChI=1S/C16H20F3IO4/c17-16(18,19)24-12-6-4-10-22-9-3-5-11-23-15(21)13-7-1-2-8-14(13)20/h1-2,7-8H,3-6,9-12H2. The van der Waals surface area contributed by atoms with Gasteiger partial charge in [0.2, 0.25) is 0 Å². The maximum Gasteiger partial charge on any atom is 0.522 e. The Morgan fingerprint density at radius 1 is 0.958 bits per heavy atom. The highest BCUT2D eigenvalue weighted by molar-refractivity contribution is 14.1. The molecule has 1 aromatic carbocycles. The van der Waals surface area contributed by atoms with Crippen LogP contribution in [0.15, 0.2) is 24.3 Å². The van der Waals surface area contributed by atoms with Crippen molar-refractivity contribution in [3.8, 4) is 0 Å². The Bertz CT molecular complexity index is 494. The van der Waals surface area contributed by atoms with Crippen molar-refractivity contribution in [3.63, 3.8) is 0 Å². The molecule has 0 heterocycles. The van der Waals surface area contributed by atoms with Crippen molar-refractivity contribution in [2.45, 2.75) is 32.0 Å². The van der Waals surface area contributed by atoms with Gasteiger partial charge in [-0.1, -0.05) is 12.1 Å². The predicted molar refractivity (Wildman–Crippen MR) is 90.7 cm³/mol. The molecule has 0 N–H and O–H groups in total. The third kappa shape index (κ3) is 10.1. The van der Waals surface area contributed by atoms with Crippen LogP contribution in [0, 0.1) is 3.57 Å². The summed E-state index contributed by atoms with van der Waals surface area (Å²) in [6.07, 6.45) is -2.36. The number of hydrogen-bond acceptors (Lipinski definition) is 4. The minimum atomic E-state index is -4.56. The van der Waals surface area contributed by atoms with E-state index < -0.39 is 6.36 Å². The summed E-state index contributed by atoms with van der Waals surface area (Å²) in [4.78, 5) is 11.8. The van der Waals surface area contributed by atoms with Crippen LogP contribution in [0.4, 0.5) is 13.2 Å². The molecule has 1 rings (SSSR count). The zero-order chi connectivity index (χ0) is 17.8. The summed E-state index contributed by atoms with van der Waals surface area (Å²) >= 11 is 2.08. The van der Waals surface area contributed by atoms with Crippen LogP contribution in [0.1, 0.15) is 36.0 Å². The molecule has 0 unspecified atom stereocenters. The molecule has 8 heteroatoms. The number of rotatable bonds is 11. The van der Waals surface area contributed by atoms with Crippen LogP contribution in [0.25, 0.3) is 0 Å². The van der Waals surface area contributed by atoms with E-state index in [9.17, 15) is 18.0 Å². The first kappa shape index (κ1) is 21.2. The van der Waals surface area contributed by atoms with Crippen LogP contribution in [-0.4, -0.2) is 38.8 Å². The number of carbonyl (C=O) groups excluding carboxylic acids is 1. The van der Waals surface area contributed by atoms with E-state index in [1.807, 2.05) is 12.1 Å². The second-order valence-corrected chi connectivity index (χ2v) is 6.10. The SMILES string of the molecule is O=C(OCCCCOCCCCOC(F)(F)F)c1ccccc1I. The number of unbranched alkanes of at least 4 members (excludes halogenated alkanes) is 2. The van der Waals surface area contributed by atoms with Crippen LogP contribution in [0.5, 0.6) is 0 Å². The van der Waals surface area contributed by atoms with E-state index in [4.69, 9.17) is 9.47 Å². The average Bonchev–Trinajstić information content (AvgIpc) is 2.51. The summed E-state index contributed by atoms with van der Waals surface area (Å²) in [5.74, 6) is -0.342. The Hall–Kier alpha value is -0.870. The van der Waals surface area contributed by atoms with E-state index >= 15 is 0 Å². The smallest absolute Gasteiger partial charge is 0.462 e. The summed E-state index contributed by atoms with van der Waals surface area (Å²) in [6.45, 7) is 0.845. The summed E-state index contributed by atoms with van der Waals surface area (Å²) in [5, 5.41) is 0. The lowest BCUT2D eigenvalue weighted by atomic mass is 10.2. The van der Waals surface area contributed by atoms with Gasteiger partial charge < -0.3 is 9.47 Å². The predicted octanol–water partition coefficient (Wildman–Crippen LogP) is 4.56. The van der Waals surface area contributed by atoms with Gasteiger partial charge in [0, 0.05) is 16.8 Å². The lowest BCUT2D eigenvalue weighted by Crippen LogP contribution is -2.14. The number of ether oxygens (including phenoxy) is 3. The van der Waals surface area contributed by atoms with Gasteiger partial charge in [0.15, 0.2) is 0 Å². The molecule has 1 aromatic rings. The Balaban J connectivity index is 1.94. The summed E-state index contributed by atoms with van der Waals surface area (Å²) in [7, 11) is 0. The molecule has 136 valence electrons. The highest BCUT2D eigenvalue weighted by Crippen LogP contribution is 2.16. The van der Waals surface area contributed by atoms with Crippen molar-refractivity contribution >= 4 is 28.6 Å². The quantitative estimate of drug-likeness (QED) is 0.276. The fraction of sp³-hybridized carbons (Fsp3) is 0.562. The monoisotopic (exact) mass is 460 g/mol. The molecule has 0 fully saturated rings. The lowest BCUT2D eigenvalue weighted by Gasteiger charge is -2.08. The molecule has 4 nitrogen and oxygen atoms in total. The largest absolute Gasteiger partial charge is 0.522 e. The fourth-order valence-corrected chi connectivity index (χ4v) is 2.38. The molecular formula is C16H20F3IO4. The van der Waals surface area contributed by atoms with Gasteiger partial charge in [-0.2, -0.15) is 0 Å². The first-order valence-electron chi connectivity index (χ1n) is 7.60. The third-order valence-electron chi connectivity index (χ3n) is 2.96. The zero-order valence-electron chi connectivity index (χ0n) is 13.1. The van der Waals surface area contributed by atoms with Crippen LogP contribution < -0.4 is 0 Å². The number of hydrogen-bond donors (Lipinski definition) is 0. The summed E-state index contributed by atoms with van der Waals surface area (Å²) in [5.41, 5.74) is 0.551. The highest BCUT2D eigenvalue weighted by Gasteiger charge is 2.28. The third-order valence-corrected chi connectivity index (χ3v) is 3.90. The summed E-state index contributed by atoms with van der Waals surface area (Å²) in [6, 6.07) is 7.19. The normalized spacial score (nSPS) is 11.5. The molecule has 0 amide bonds. The molecule has 0 aliphatic rings. The van der Waals surface area contributed by atoms with Gasteiger partial charge >= 0.3 is 12.3 Å². The Morgan fingerprint density at radius 3 is 2.17 bits per heavy atom. The number of halogens is 4. The first-order chi connectivity index (χ1) is 11.4. The molecule has 0 bridgehead atoms. The number of carbonyl (C=O) groups is 1. The second-order valence-electron chi connectivity index (χ2n) is 4.94. The van der Waals surface area contributed by atoms with E-state index in [0.29, 0.717) is 44.6 Å². The number of alkyl halides is 3. The van der Waals surface area contributed by atoms with Crippen LogP contribution >= 0.6 is 22.6 Å². The van der Waals surface area contributed by atoms with Crippen molar-refractivity contribution in [2.24, 2.45) is 0 Å². The lowest BCUT2D eigenvalue weighted by molar-refractivity contribution is -0.324. The minimum absolute atomic E-state index is 0.298.